The van der Waals surface area contributed by atoms with Crippen molar-refractivity contribution in [3.8, 4) is 0 Å². The predicted octanol–water partition coefficient (Wildman–Crippen LogP) is 1.14. The van der Waals surface area contributed by atoms with Gasteiger partial charge in [0.25, 0.3) is 0 Å². The van der Waals surface area contributed by atoms with Crippen LogP contribution in [0.3, 0.4) is 0 Å². The molecule has 1 aromatic rings. The van der Waals surface area contributed by atoms with Crippen LogP contribution in [-0.4, -0.2) is 44.8 Å². The summed E-state index contributed by atoms with van der Waals surface area (Å²) in [5.74, 6) is 1.97. The maximum absolute atomic E-state index is 12.2. The highest BCUT2D eigenvalue weighted by Crippen LogP contribution is 2.21. The van der Waals surface area contributed by atoms with E-state index in [1.165, 1.54) is 12.8 Å². The van der Waals surface area contributed by atoms with Gasteiger partial charge in [0.2, 0.25) is 5.91 Å². The van der Waals surface area contributed by atoms with E-state index in [1.54, 1.807) is 0 Å². The second-order valence-corrected chi connectivity index (χ2v) is 5.57. The summed E-state index contributed by atoms with van der Waals surface area (Å²) < 4.78 is 7.82. The van der Waals surface area contributed by atoms with Crippen molar-refractivity contribution in [1.82, 2.24) is 19.7 Å². The van der Waals surface area contributed by atoms with Crippen molar-refractivity contribution < 1.29 is 9.53 Å². The molecule has 6 heteroatoms. The molecule has 3 rings (SSSR count). The molecule has 0 aromatic carbocycles. The van der Waals surface area contributed by atoms with Crippen LogP contribution < -0.4 is 0 Å². The van der Waals surface area contributed by atoms with E-state index in [1.807, 2.05) is 4.90 Å². The summed E-state index contributed by atoms with van der Waals surface area (Å²) in [5, 5.41) is 8.34. The van der Waals surface area contributed by atoms with Gasteiger partial charge < -0.3 is 14.2 Å². The fraction of sp³-hybridized carbons (Fsp3) is 0.786. The second-order valence-electron chi connectivity index (χ2n) is 5.57. The van der Waals surface area contributed by atoms with Crippen molar-refractivity contribution in [2.24, 2.45) is 0 Å². The molecular weight excluding hydrogens is 256 g/mol. The zero-order chi connectivity index (χ0) is 13.9. The first-order valence-corrected chi connectivity index (χ1v) is 7.58. The summed E-state index contributed by atoms with van der Waals surface area (Å²) in [7, 11) is 0. The van der Waals surface area contributed by atoms with Crippen molar-refractivity contribution in [1.29, 1.82) is 0 Å². The SMILES string of the molecule is CCc1nnc2n1CCN(C(=O)COC1CCCC1)C2. The standard InChI is InChI=1S/C14H22N4O2/c1-2-12-15-16-13-9-17(7-8-18(12)13)14(19)10-20-11-5-3-4-6-11/h11H,2-10H2,1H3. The summed E-state index contributed by atoms with van der Waals surface area (Å²) in [4.78, 5) is 14.0. The highest BCUT2D eigenvalue weighted by Gasteiger charge is 2.25. The van der Waals surface area contributed by atoms with Gasteiger partial charge in [0, 0.05) is 19.5 Å². The number of fused-ring (bicyclic) bond motifs is 1. The number of amides is 1. The smallest absolute Gasteiger partial charge is 0.249 e. The van der Waals surface area contributed by atoms with Crippen LogP contribution in [0, 0.1) is 0 Å². The Morgan fingerprint density at radius 3 is 2.85 bits per heavy atom. The minimum Gasteiger partial charge on any atom is -0.368 e. The quantitative estimate of drug-likeness (QED) is 0.828. The number of nitrogens with zero attached hydrogens (tertiary/aromatic N) is 4. The van der Waals surface area contributed by atoms with Crippen LogP contribution in [-0.2, 0) is 29.0 Å². The summed E-state index contributed by atoms with van der Waals surface area (Å²) in [6, 6.07) is 0. The van der Waals surface area contributed by atoms with Crippen molar-refractivity contribution >= 4 is 5.91 Å². The van der Waals surface area contributed by atoms with E-state index in [0.29, 0.717) is 12.6 Å². The largest absolute Gasteiger partial charge is 0.368 e. The molecule has 0 radical (unpaired) electrons. The number of aromatic nitrogens is 3. The van der Waals surface area contributed by atoms with Gasteiger partial charge in [-0.1, -0.05) is 19.8 Å². The summed E-state index contributed by atoms with van der Waals surface area (Å²) in [6.45, 7) is 4.36. The number of rotatable bonds is 4. The van der Waals surface area contributed by atoms with Gasteiger partial charge in [-0.15, -0.1) is 10.2 Å². The lowest BCUT2D eigenvalue weighted by Gasteiger charge is -2.28. The zero-order valence-electron chi connectivity index (χ0n) is 12.0. The van der Waals surface area contributed by atoms with Crippen LogP contribution >= 0.6 is 0 Å². The van der Waals surface area contributed by atoms with Crippen LogP contribution in [0.5, 0.6) is 0 Å². The van der Waals surface area contributed by atoms with Gasteiger partial charge in [0.15, 0.2) is 5.82 Å². The van der Waals surface area contributed by atoms with Gasteiger partial charge in [-0.05, 0) is 12.8 Å². The van der Waals surface area contributed by atoms with Crippen LogP contribution in [0.4, 0.5) is 0 Å². The first-order valence-electron chi connectivity index (χ1n) is 7.58. The third-order valence-electron chi connectivity index (χ3n) is 4.24. The van der Waals surface area contributed by atoms with Crippen molar-refractivity contribution in [3.05, 3.63) is 11.6 Å². The molecule has 20 heavy (non-hydrogen) atoms. The molecule has 0 unspecified atom stereocenters. The van der Waals surface area contributed by atoms with Crippen molar-refractivity contribution in [3.63, 3.8) is 0 Å². The van der Waals surface area contributed by atoms with Gasteiger partial charge in [-0.2, -0.15) is 0 Å². The van der Waals surface area contributed by atoms with Crippen molar-refractivity contribution in [2.75, 3.05) is 13.2 Å². The topological polar surface area (TPSA) is 60.2 Å². The van der Waals surface area contributed by atoms with Crippen LogP contribution in [0.25, 0.3) is 0 Å². The molecule has 0 N–H and O–H groups in total. The van der Waals surface area contributed by atoms with E-state index in [-0.39, 0.29) is 12.5 Å². The van der Waals surface area contributed by atoms with Gasteiger partial charge in [-0.3, -0.25) is 4.79 Å². The lowest BCUT2D eigenvalue weighted by atomic mass is 10.3. The Morgan fingerprint density at radius 2 is 2.10 bits per heavy atom. The number of hydrogen-bond donors (Lipinski definition) is 0. The van der Waals surface area contributed by atoms with Gasteiger partial charge >= 0.3 is 0 Å². The molecule has 1 aromatic heterocycles. The number of aryl methyl sites for hydroxylation is 1. The minimum absolute atomic E-state index is 0.0733. The molecule has 0 atom stereocenters. The molecule has 1 amide bonds. The first kappa shape index (κ1) is 13.5. The molecule has 2 heterocycles. The fourth-order valence-electron chi connectivity index (χ4n) is 3.03. The zero-order valence-corrected chi connectivity index (χ0v) is 12.0. The molecule has 0 bridgehead atoms. The van der Waals surface area contributed by atoms with E-state index >= 15 is 0 Å². The highest BCUT2D eigenvalue weighted by atomic mass is 16.5. The third-order valence-corrected chi connectivity index (χ3v) is 4.24. The van der Waals surface area contributed by atoms with Crippen LogP contribution in [0.1, 0.15) is 44.3 Å². The molecule has 6 nitrogen and oxygen atoms in total. The molecule has 0 saturated heterocycles. The van der Waals surface area contributed by atoms with Crippen molar-refractivity contribution in [2.45, 2.75) is 58.2 Å². The van der Waals surface area contributed by atoms with Gasteiger partial charge in [-0.25, -0.2) is 0 Å². The molecular formula is C14H22N4O2. The summed E-state index contributed by atoms with van der Waals surface area (Å²) in [6.07, 6.45) is 5.82. The van der Waals surface area contributed by atoms with E-state index < -0.39 is 0 Å². The first-order chi connectivity index (χ1) is 9.78. The van der Waals surface area contributed by atoms with E-state index in [0.717, 1.165) is 44.0 Å². The Kier molecular flexibility index (Phi) is 4.00. The number of hydrogen-bond acceptors (Lipinski definition) is 4. The summed E-state index contributed by atoms with van der Waals surface area (Å²) in [5.41, 5.74) is 0. The molecule has 110 valence electrons. The number of carbonyl (C=O) groups excluding carboxylic acids is 1. The molecule has 1 aliphatic carbocycles. The Labute approximate surface area is 119 Å². The normalized spacial score (nSPS) is 19.4. The molecule has 1 saturated carbocycles. The molecule has 0 spiro atoms. The van der Waals surface area contributed by atoms with E-state index in [2.05, 4.69) is 21.7 Å². The number of ether oxygens (including phenoxy) is 1. The summed E-state index contributed by atoms with van der Waals surface area (Å²) >= 11 is 0. The minimum atomic E-state index is 0.0733. The van der Waals surface area contributed by atoms with Crippen LogP contribution in [0.15, 0.2) is 0 Å². The van der Waals surface area contributed by atoms with Gasteiger partial charge in [0.05, 0.1) is 12.6 Å². The monoisotopic (exact) mass is 278 g/mol. The molecule has 1 fully saturated rings. The Bertz CT molecular complexity index is 480. The maximum atomic E-state index is 12.2. The second kappa shape index (κ2) is 5.91. The Hall–Kier alpha value is -1.43. The third kappa shape index (κ3) is 2.70. The van der Waals surface area contributed by atoms with Gasteiger partial charge in [0.1, 0.15) is 12.4 Å². The molecule has 2 aliphatic rings. The molecule has 1 aliphatic heterocycles. The maximum Gasteiger partial charge on any atom is 0.249 e. The van der Waals surface area contributed by atoms with Crippen LogP contribution in [0.2, 0.25) is 0 Å². The van der Waals surface area contributed by atoms with E-state index in [9.17, 15) is 4.79 Å². The van der Waals surface area contributed by atoms with E-state index in [4.69, 9.17) is 4.74 Å². The lowest BCUT2D eigenvalue weighted by Crippen LogP contribution is -2.41. The highest BCUT2D eigenvalue weighted by molar-refractivity contribution is 5.77. The lowest BCUT2D eigenvalue weighted by molar-refractivity contribution is -0.139. The Balaban J connectivity index is 1.54. The number of carbonyl (C=O) groups is 1. The Morgan fingerprint density at radius 1 is 1.30 bits per heavy atom. The average molecular weight is 278 g/mol. The average Bonchev–Trinajstić information content (AvgIpc) is 3.13. The fourth-order valence-corrected chi connectivity index (χ4v) is 3.03. The predicted molar refractivity (Wildman–Crippen MR) is 73.0 cm³/mol.